The standard InChI is InChI=1S/C19H26N6O2.HI/c1-4-10-20-19(21-11-5-12-24-16(3)13-15(2)23-24)22-14-17-6-8-18(9-7-17)25(26)27;/h4,6-9,13H,1,5,10-12,14H2,2-3H3,(H2,20,21,22);1H. The van der Waals surface area contributed by atoms with Crippen molar-refractivity contribution in [2.75, 3.05) is 13.1 Å². The Labute approximate surface area is 182 Å². The van der Waals surface area contributed by atoms with Crippen LogP contribution in [0, 0.1) is 24.0 Å². The van der Waals surface area contributed by atoms with Crippen molar-refractivity contribution < 1.29 is 4.92 Å². The summed E-state index contributed by atoms with van der Waals surface area (Å²) in [6, 6.07) is 8.48. The molecule has 1 heterocycles. The summed E-state index contributed by atoms with van der Waals surface area (Å²) in [6.45, 7) is 10.4. The third-order valence-electron chi connectivity index (χ3n) is 3.92. The molecule has 0 spiro atoms. The second-order valence-electron chi connectivity index (χ2n) is 6.19. The molecule has 0 aliphatic carbocycles. The minimum absolute atomic E-state index is 0. The van der Waals surface area contributed by atoms with E-state index in [4.69, 9.17) is 0 Å². The van der Waals surface area contributed by atoms with Crippen LogP contribution in [-0.2, 0) is 13.1 Å². The maximum absolute atomic E-state index is 10.7. The van der Waals surface area contributed by atoms with Crippen molar-refractivity contribution in [1.82, 2.24) is 20.4 Å². The first kappa shape index (κ1) is 23.6. The monoisotopic (exact) mass is 498 g/mol. The van der Waals surface area contributed by atoms with Crippen LogP contribution in [0.1, 0.15) is 23.4 Å². The minimum atomic E-state index is -0.408. The molecule has 0 saturated carbocycles. The lowest BCUT2D eigenvalue weighted by Gasteiger charge is -2.12. The van der Waals surface area contributed by atoms with E-state index < -0.39 is 4.92 Å². The molecule has 9 heteroatoms. The highest BCUT2D eigenvalue weighted by atomic mass is 127. The van der Waals surface area contributed by atoms with Gasteiger partial charge in [-0.15, -0.1) is 30.6 Å². The molecule has 0 aliphatic heterocycles. The number of aryl methyl sites for hydroxylation is 3. The van der Waals surface area contributed by atoms with Crippen LogP contribution in [0.5, 0.6) is 0 Å². The molecular formula is C19H27IN6O2. The van der Waals surface area contributed by atoms with Gasteiger partial charge in [0.1, 0.15) is 0 Å². The minimum Gasteiger partial charge on any atom is -0.356 e. The highest BCUT2D eigenvalue weighted by Crippen LogP contribution is 2.12. The molecule has 1 aromatic heterocycles. The van der Waals surface area contributed by atoms with Crippen LogP contribution >= 0.6 is 24.0 Å². The molecule has 0 unspecified atom stereocenters. The predicted molar refractivity (Wildman–Crippen MR) is 122 cm³/mol. The lowest BCUT2D eigenvalue weighted by molar-refractivity contribution is -0.384. The van der Waals surface area contributed by atoms with Crippen LogP contribution in [0.2, 0.25) is 0 Å². The number of nitro groups is 1. The third-order valence-corrected chi connectivity index (χ3v) is 3.92. The largest absolute Gasteiger partial charge is 0.356 e. The zero-order chi connectivity index (χ0) is 19.6. The highest BCUT2D eigenvalue weighted by Gasteiger charge is 2.04. The fraction of sp³-hybridized carbons (Fsp3) is 0.368. The van der Waals surface area contributed by atoms with Gasteiger partial charge in [0.05, 0.1) is 17.2 Å². The number of rotatable bonds is 9. The van der Waals surface area contributed by atoms with Crippen LogP contribution < -0.4 is 10.6 Å². The summed E-state index contributed by atoms with van der Waals surface area (Å²) in [5.74, 6) is 0.682. The van der Waals surface area contributed by atoms with Gasteiger partial charge in [-0.25, -0.2) is 4.99 Å². The summed E-state index contributed by atoms with van der Waals surface area (Å²) in [6.07, 6.45) is 2.67. The second-order valence-corrected chi connectivity index (χ2v) is 6.19. The Balaban J connectivity index is 0.00000392. The van der Waals surface area contributed by atoms with E-state index in [9.17, 15) is 10.1 Å². The summed E-state index contributed by atoms with van der Waals surface area (Å²) in [7, 11) is 0. The van der Waals surface area contributed by atoms with Gasteiger partial charge in [-0.3, -0.25) is 14.8 Å². The lowest BCUT2D eigenvalue weighted by atomic mass is 10.2. The smallest absolute Gasteiger partial charge is 0.269 e. The first-order chi connectivity index (χ1) is 13.0. The number of benzene rings is 1. The van der Waals surface area contributed by atoms with E-state index in [1.54, 1.807) is 18.2 Å². The van der Waals surface area contributed by atoms with Crippen LogP contribution in [0.4, 0.5) is 5.69 Å². The van der Waals surface area contributed by atoms with E-state index in [-0.39, 0.29) is 29.7 Å². The van der Waals surface area contributed by atoms with Crippen molar-refractivity contribution in [3.63, 3.8) is 0 Å². The Morgan fingerprint density at radius 2 is 2.04 bits per heavy atom. The molecule has 0 saturated heterocycles. The van der Waals surface area contributed by atoms with Crippen molar-refractivity contribution >= 4 is 35.6 Å². The molecule has 2 aromatic rings. The molecule has 1 aromatic carbocycles. The van der Waals surface area contributed by atoms with Gasteiger partial charge in [-0.1, -0.05) is 18.2 Å². The van der Waals surface area contributed by atoms with E-state index in [2.05, 4.69) is 40.3 Å². The molecule has 2 N–H and O–H groups in total. The average Bonchev–Trinajstić information content (AvgIpc) is 2.97. The fourth-order valence-electron chi connectivity index (χ4n) is 2.57. The van der Waals surface area contributed by atoms with Crippen molar-refractivity contribution in [2.24, 2.45) is 4.99 Å². The van der Waals surface area contributed by atoms with Crippen molar-refractivity contribution in [3.8, 4) is 0 Å². The SMILES string of the molecule is C=CCNC(=NCc1ccc([N+](=O)[O-])cc1)NCCCn1nc(C)cc1C.I. The van der Waals surface area contributed by atoms with Crippen LogP contribution in [0.25, 0.3) is 0 Å². The molecule has 0 atom stereocenters. The second kappa shape index (κ2) is 12.1. The summed E-state index contributed by atoms with van der Waals surface area (Å²) in [5, 5.41) is 21.6. The van der Waals surface area contributed by atoms with E-state index in [1.165, 1.54) is 12.1 Å². The molecule has 0 fully saturated rings. The van der Waals surface area contributed by atoms with Gasteiger partial charge in [-0.2, -0.15) is 5.10 Å². The van der Waals surface area contributed by atoms with E-state index >= 15 is 0 Å². The van der Waals surface area contributed by atoms with E-state index in [1.807, 2.05) is 11.6 Å². The number of nitrogens with one attached hydrogen (secondary N) is 2. The molecule has 0 bridgehead atoms. The number of hydrogen-bond acceptors (Lipinski definition) is 4. The van der Waals surface area contributed by atoms with Gasteiger partial charge in [0.15, 0.2) is 5.96 Å². The molecule has 8 nitrogen and oxygen atoms in total. The van der Waals surface area contributed by atoms with Gasteiger partial charge in [0, 0.05) is 37.5 Å². The fourth-order valence-corrected chi connectivity index (χ4v) is 2.57. The zero-order valence-corrected chi connectivity index (χ0v) is 18.6. The number of nitrogens with zero attached hydrogens (tertiary/aromatic N) is 4. The number of hydrogen-bond donors (Lipinski definition) is 2. The molecule has 0 aliphatic rings. The van der Waals surface area contributed by atoms with Crippen molar-refractivity contribution in [2.45, 2.75) is 33.4 Å². The predicted octanol–water partition coefficient (Wildman–Crippen LogP) is 3.34. The van der Waals surface area contributed by atoms with E-state index in [0.29, 0.717) is 19.0 Å². The maximum Gasteiger partial charge on any atom is 0.269 e. The summed E-state index contributed by atoms with van der Waals surface area (Å²) < 4.78 is 2.00. The number of aliphatic imine (C=N–C) groups is 1. The van der Waals surface area contributed by atoms with Gasteiger partial charge in [0.2, 0.25) is 0 Å². The number of non-ortho nitro benzene ring substituents is 1. The summed E-state index contributed by atoms with van der Waals surface area (Å²) >= 11 is 0. The van der Waals surface area contributed by atoms with Crippen LogP contribution in [0.15, 0.2) is 48.0 Å². The van der Waals surface area contributed by atoms with Gasteiger partial charge < -0.3 is 10.6 Å². The topological polar surface area (TPSA) is 97.4 Å². The molecule has 2 rings (SSSR count). The number of aromatic nitrogens is 2. The first-order valence-electron chi connectivity index (χ1n) is 8.87. The molecule has 0 radical (unpaired) electrons. The quantitative estimate of drug-likeness (QED) is 0.105. The molecule has 28 heavy (non-hydrogen) atoms. The van der Waals surface area contributed by atoms with Crippen molar-refractivity contribution in [3.05, 3.63) is 70.1 Å². The summed E-state index contributed by atoms with van der Waals surface area (Å²) in [5.41, 5.74) is 3.17. The Hall–Kier alpha value is -2.43. The first-order valence-corrected chi connectivity index (χ1v) is 8.87. The third kappa shape index (κ3) is 7.67. The Bertz CT molecular complexity index is 801. The van der Waals surface area contributed by atoms with E-state index in [0.717, 1.165) is 36.5 Å². The lowest BCUT2D eigenvalue weighted by Crippen LogP contribution is -2.38. The summed E-state index contributed by atoms with van der Waals surface area (Å²) in [4.78, 5) is 14.8. The normalized spacial score (nSPS) is 10.9. The maximum atomic E-state index is 10.7. The van der Waals surface area contributed by atoms with Crippen LogP contribution in [0.3, 0.4) is 0 Å². The Kier molecular flexibility index (Phi) is 10.2. The Morgan fingerprint density at radius 3 is 2.61 bits per heavy atom. The Morgan fingerprint density at radius 1 is 1.32 bits per heavy atom. The number of guanidine groups is 1. The average molecular weight is 498 g/mol. The van der Waals surface area contributed by atoms with Gasteiger partial charge in [-0.05, 0) is 31.9 Å². The molecule has 152 valence electrons. The molecule has 0 amide bonds. The molecular weight excluding hydrogens is 471 g/mol. The van der Waals surface area contributed by atoms with Crippen LogP contribution in [-0.4, -0.2) is 33.8 Å². The number of nitro benzene ring substituents is 1. The van der Waals surface area contributed by atoms with Gasteiger partial charge >= 0.3 is 0 Å². The highest BCUT2D eigenvalue weighted by molar-refractivity contribution is 14.0. The van der Waals surface area contributed by atoms with Crippen molar-refractivity contribution in [1.29, 1.82) is 0 Å². The van der Waals surface area contributed by atoms with Gasteiger partial charge in [0.25, 0.3) is 5.69 Å². The number of halogens is 1. The zero-order valence-electron chi connectivity index (χ0n) is 16.2.